The molecule has 0 aromatic heterocycles. The number of hydrogen-bond donors (Lipinski definition) is 4. The lowest BCUT2D eigenvalue weighted by atomic mass is 10.0. The van der Waals surface area contributed by atoms with Crippen molar-refractivity contribution in [2.75, 3.05) is 19.8 Å². The van der Waals surface area contributed by atoms with Gasteiger partial charge in [-0.1, -0.05) is 103 Å². The van der Waals surface area contributed by atoms with E-state index in [2.05, 4.69) is 6.92 Å². The molecule has 0 radical (unpaired) electrons. The van der Waals surface area contributed by atoms with E-state index in [-0.39, 0.29) is 13.2 Å². The standard InChI is InChI=1S/C24H49NO4/c1-2-3-4-5-6-7-8-9-10-11-12-13-14-15-16-17-18-25-21(19-26)23(28)24(29)22(25)20-27/h21-24,26-29H,2-20H2,1H3. The molecule has 1 saturated heterocycles. The molecule has 0 amide bonds. The molecule has 4 N–H and O–H groups in total. The Kier molecular flexibility index (Phi) is 16.2. The van der Waals surface area contributed by atoms with E-state index in [1.807, 2.05) is 4.90 Å². The third kappa shape index (κ3) is 10.6. The lowest BCUT2D eigenvalue weighted by molar-refractivity contribution is 0.0130. The minimum Gasteiger partial charge on any atom is -0.395 e. The van der Waals surface area contributed by atoms with Crippen LogP contribution in [0.4, 0.5) is 0 Å². The van der Waals surface area contributed by atoms with Gasteiger partial charge in [0.1, 0.15) is 0 Å². The van der Waals surface area contributed by atoms with E-state index in [0.717, 1.165) is 12.8 Å². The van der Waals surface area contributed by atoms with Crippen molar-refractivity contribution in [3.63, 3.8) is 0 Å². The molecule has 0 aromatic rings. The minimum absolute atomic E-state index is 0.187. The number of likely N-dealkylation sites (tertiary alicyclic amines) is 1. The van der Waals surface area contributed by atoms with Gasteiger partial charge in [0.2, 0.25) is 0 Å². The summed E-state index contributed by atoms with van der Waals surface area (Å²) >= 11 is 0. The van der Waals surface area contributed by atoms with E-state index < -0.39 is 24.3 Å². The first-order chi connectivity index (χ1) is 14.2. The van der Waals surface area contributed by atoms with Crippen LogP contribution in [0.15, 0.2) is 0 Å². The average molecular weight is 416 g/mol. The first-order valence-corrected chi connectivity index (χ1v) is 12.5. The van der Waals surface area contributed by atoms with E-state index in [1.54, 1.807) is 0 Å². The predicted octanol–water partition coefficient (Wildman–Crippen LogP) is 4.01. The number of hydrogen-bond acceptors (Lipinski definition) is 5. The molecule has 1 rings (SSSR count). The quantitative estimate of drug-likeness (QED) is 0.240. The predicted molar refractivity (Wildman–Crippen MR) is 120 cm³/mol. The first-order valence-electron chi connectivity index (χ1n) is 12.5. The topological polar surface area (TPSA) is 84.2 Å². The van der Waals surface area contributed by atoms with E-state index in [4.69, 9.17) is 0 Å². The lowest BCUT2D eigenvalue weighted by Crippen LogP contribution is -2.43. The van der Waals surface area contributed by atoms with Crippen LogP contribution in [0.25, 0.3) is 0 Å². The van der Waals surface area contributed by atoms with Crippen LogP contribution < -0.4 is 0 Å². The van der Waals surface area contributed by atoms with Crippen molar-refractivity contribution >= 4 is 0 Å². The van der Waals surface area contributed by atoms with Crippen molar-refractivity contribution in [3.05, 3.63) is 0 Å². The second kappa shape index (κ2) is 17.5. The van der Waals surface area contributed by atoms with Crippen molar-refractivity contribution in [2.45, 2.75) is 134 Å². The van der Waals surface area contributed by atoms with Crippen LogP contribution in [-0.2, 0) is 0 Å². The van der Waals surface area contributed by atoms with E-state index in [1.165, 1.54) is 89.9 Å². The fourth-order valence-electron chi connectivity index (χ4n) is 4.69. The van der Waals surface area contributed by atoms with Crippen LogP contribution in [0.3, 0.4) is 0 Å². The number of aliphatic hydroxyl groups is 4. The maximum Gasteiger partial charge on any atom is 0.0992 e. The van der Waals surface area contributed by atoms with Crippen LogP contribution in [-0.4, -0.2) is 69.4 Å². The Balaban J connectivity index is 1.91. The van der Waals surface area contributed by atoms with Gasteiger partial charge in [0.25, 0.3) is 0 Å². The van der Waals surface area contributed by atoms with Crippen LogP contribution in [0.5, 0.6) is 0 Å². The highest BCUT2D eigenvalue weighted by Gasteiger charge is 2.46. The summed E-state index contributed by atoms with van der Waals surface area (Å²) < 4.78 is 0. The molecular formula is C24H49NO4. The summed E-state index contributed by atoms with van der Waals surface area (Å²) in [5.41, 5.74) is 0. The SMILES string of the molecule is CCCCCCCCCCCCCCCCCCN1C(CO)C(O)C(O)C1CO. The van der Waals surface area contributed by atoms with Crippen molar-refractivity contribution in [2.24, 2.45) is 0 Å². The summed E-state index contributed by atoms with van der Waals surface area (Å²) in [6.45, 7) is 2.61. The minimum atomic E-state index is -0.974. The zero-order valence-electron chi connectivity index (χ0n) is 19.0. The monoisotopic (exact) mass is 415 g/mol. The van der Waals surface area contributed by atoms with Crippen LogP contribution in [0.2, 0.25) is 0 Å². The number of aliphatic hydroxyl groups excluding tert-OH is 4. The molecular weight excluding hydrogens is 366 g/mol. The van der Waals surface area contributed by atoms with Gasteiger partial charge in [0, 0.05) is 0 Å². The van der Waals surface area contributed by atoms with E-state index in [0.29, 0.717) is 6.54 Å². The van der Waals surface area contributed by atoms with E-state index >= 15 is 0 Å². The summed E-state index contributed by atoms with van der Waals surface area (Å²) in [4.78, 5) is 1.89. The Hall–Kier alpha value is -0.200. The summed E-state index contributed by atoms with van der Waals surface area (Å²) in [6, 6.07) is -0.919. The van der Waals surface area contributed by atoms with Crippen molar-refractivity contribution in [3.8, 4) is 0 Å². The third-order valence-corrected chi connectivity index (χ3v) is 6.63. The Morgan fingerprint density at radius 2 is 0.828 bits per heavy atom. The smallest absolute Gasteiger partial charge is 0.0992 e. The number of unbranched alkanes of at least 4 members (excludes halogenated alkanes) is 15. The van der Waals surface area contributed by atoms with Gasteiger partial charge >= 0.3 is 0 Å². The molecule has 1 fully saturated rings. The molecule has 4 atom stereocenters. The van der Waals surface area contributed by atoms with Crippen molar-refractivity contribution in [1.82, 2.24) is 4.90 Å². The molecule has 0 aliphatic carbocycles. The van der Waals surface area contributed by atoms with Gasteiger partial charge in [0.15, 0.2) is 0 Å². The van der Waals surface area contributed by atoms with Crippen LogP contribution >= 0.6 is 0 Å². The zero-order valence-corrected chi connectivity index (χ0v) is 19.0. The summed E-state index contributed by atoms with van der Waals surface area (Å²) in [6.07, 6.45) is 19.3. The maximum atomic E-state index is 10.0. The Morgan fingerprint density at radius 3 is 1.14 bits per heavy atom. The molecule has 174 valence electrons. The third-order valence-electron chi connectivity index (χ3n) is 6.63. The highest BCUT2D eigenvalue weighted by molar-refractivity contribution is 5.00. The summed E-state index contributed by atoms with van der Waals surface area (Å²) in [7, 11) is 0. The number of rotatable bonds is 19. The molecule has 1 heterocycles. The molecule has 29 heavy (non-hydrogen) atoms. The van der Waals surface area contributed by atoms with Crippen LogP contribution in [0, 0.1) is 0 Å². The van der Waals surface area contributed by atoms with Gasteiger partial charge in [0.05, 0.1) is 37.5 Å². The maximum absolute atomic E-state index is 10.0. The molecule has 1 aliphatic rings. The highest BCUT2D eigenvalue weighted by Crippen LogP contribution is 2.25. The van der Waals surface area contributed by atoms with Gasteiger partial charge < -0.3 is 20.4 Å². The average Bonchev–Trinajstić information content (AvgIpc) is 2.96. The summed E-state index contributed by atoms with van der Waals surface area (Å²) in [5, 5.41) is 39.0. The molecule has 0 bridgehead atoms. The van der Waals surface area contributed by atoms with Crippen molar-refractivity contribution < 1.29 is 20.4 Å². The molecule has 5 nitrogen and oxygen atoms in total. The van der Waals surface area contributed by atoms with Gasteiger partial charge in [-0.2, -0.15) is 0 Å². The molecule has 0 saturated carbocycles. The van der Waals surface area contributed by atoms with Gasteiger partial charge in [-0.05, 0) is 13.0 Å². The second-order valence-corrected chi connectivity index (χ2v) is 9.02. The lowest BCUT2D eigenvalue weighted by Gasteiger charge is -2.28. The van der Waals surface area contributed by atoms with Crippen LogP contribution in [0.1, 0.15) is 110 Å². The Morgan fingerprint density at radius 1 is 0.517 bits per heavy atom. The van der Waals surface area contributed by atoms with Gasteiger partial charge in [-0.3, -0.25) is 4.90 Å². The molecule has 1 aliphatic heterocycles. The van der Waals surface area contributed by atoms with Gasteiger partial charge in [-0.25, -0.2) is 0 Å². The zero-order chi connectivity index (χ0) is 21.3. The normalized spacial score (nSPS) is 25.1. The fraction of sp³-hybridized carbons (Fsp3) is 1.00. The molecule has 4 unspecified atom stereocenters. The summed E-state index contributed by atoms with van der Waals surface area (Å²) in [5.74, 6) is 0. The second-order valence-electron chi connectivity index (χ2n) is 9.02. The Labute approximate surface area is 179 Å². The fourth-order valence-corrected chi connectivity index (χ4v) is 4.69. The van der Waals surface area contributed by atoms with E-state index in [9.17, 15) is 20.4 Å². The largest absolute Gasteiger partial charge is 0.395 e. The molecule has 5 heteroatoms. The first kappa shape index (κ1) is 26.8. The molecule has 0 aromatic carbocycles. The Bertz CT molecular complexity index is 353. The highest BCUT2D eigenvalue weighted by atomic mass is 16.3. The number of nitrogens with zero attached hydrogens (tertiary/aromatic N) is 1. The molecule has 0 spiro atoms. The van der Waals surface area contributed by atoms with Crippen molar-refractivity contribution in [1.29, 1.82) is 0 Å². The van der Waals surface area contributed by atoms with Gasteiger partial charge in [-0.15, -0.1) is 0 Å².